The van der Waals surface area contributed by atoms with Crippen molar-refractivity contribution in [1.29, 1.82) is 0 Å². The molecule has 1 aromatic carbocycles. The molecule has 0 radical (unpaired) electrons. The maximum Gasteiger partial charge on any atom is 0.348 e. The van der Waals surface area contributed by atoms with Crippen LogP contribution in [0.15, 0.2) is 52.9 Å². The molecule has 0 aliphatic rings. The Balaban J connectivity index is 1.57. The number of aryl methyl sites for hydroxylation is 1. The summed E-state index contributed by atoms with van der Waals surface area (Å²) in [6.07, 6.45) is 1.39. The second-order valence-electron chi connectivity index (χ2n) is 6.76. The van der Waals surface area contributed by atoms with Crippen molar-refractivity contribution in [3.05, 3.63) is 68.9 Å². The number of hydrogen-bond acceptors (Lipinski definition) is 7. The monoisotopic (exact) mass is 453 g/mol. The van der Waals surface area contributed by atoms with Crippen molar-refractivity contribution < 1.29 is 14.3 Å². The second kappa shape index (κ2) is 8.83. The number of nitrogens with zero attached hydrogens (tertiary/aromatic N) is 2. The van der Waals surface area contributed by atoms with Gasteiger partial charge >= 0.3 is 5.97 Å². The summed E-state index contributed by atoms with van der Waals surface area (Å²) in [6.45, 7) is 3.62. The van der Waals surface area contributed by atoms with E-state index in [4.69, 9.17) is 4.74 Å². The Labute approximate surface area is 185 Å². The predicted molar refractivity (Wildman–Crippen MR) is 123 cm³/mol. The molecular formula is C22H19N3O4S2. The van der Waals surface area contributed by atoms with Gasteiger partial charge in [-0.2, -0.15) is 0 Å². The van der Waals surface area contributed by atoms with Gasteiger partial charge in [0, 0.05) is 10.9 Å². The number of thiophene rings is 2. The molecule has 31 heavy (non-hydrogen) atoms. The van der Waals surface area contributed by atoms with E-state index in [-0.39, 0.29) is 24.6 Å². The van der Waals surface area contributed by atoms with E-state index in [9.17, 15) is 14.4 Å². The van der Waals surface area contributed by atoms with Crippen molar-refractivity contribution >= 4 is 49.8 Å². The minimum atomic E-state index is -0.415. The molecule has 0 spiro atoms. The number of amides is 1. The Kier molecular flexibility index (Phi) is 5.97. The Morgan fingerprint density at radius 3 is 2.74 bits per heavy atom. The van der Waals surface area contributed by atoms with Crippen molar-refractivity contribution in [3.8, 4) is 11.1 Å². The van der Waals surface area contributed by atoms with Gasteiger partial charge in [-0.1, -0.05) is 30.3 Å². The number of rotatable bonds is 6. The van der Waals surface area contributed by atoms with Crippen molar-refractivity contribution in [3.63, 3.8) is 0 Å². The highest BCUT2D eigenvalue weighted by Crippen LogP contribution is 2.30. The summed E-state index contributed by atoms with van der Waals surface area (Å²) in [5, 5.41) is 5.68. The molecular weight excluding hydrogens is 434 g/mol. The zero-order valence-electron chi connectivity index (χ0n) is 16.9. The summed E-state index contributed by atoms with van der Waals surface area (Å²) < 4.78 is 6.32. The van der Waals surface area contributed by atoms with E-state index < -0.39 is 5.97 Å². The zero-order chi connectivity index (χ0) is 22.0. The molecule has 0 aliphatic carbocycles. The zero-order valence-corrected chi connectivity index (χ0v) is 18.5. The number of anilines is 1. The summed E-state index contributed by atoms with van der Waals surface area (Å²) >= 11 is 2.54. The maximum absolute atomic E-state index is 13.1. The molecule has 4 aromatic rings. The first kappa shape index (κ1) is 21.0. The van der Waals surface area contributed by atoms with E-state index in [2.05, 4.69) is 10.3 Å². The highest BCUT2D eigenvalue weighted by molar-refractivity contribution is 7.18. The standard InChI is InChI=1S/C22H19N3O4S2/c1-3-29-22(28)19-13(2)9-17(31-19)24-16(26)10-25-12-23-20-18(21(25)27)15(11-30-20)14-7-5-4-6-8-14/h4-9,11-12H,3,10H2,1-2H3,(H,24,26). The van der Waals surface area contributed by atoms with Crippen molar-refractivity contribution in [2.24, 2.45) is 0 Å². The molecule has 0 atom stereocenters. The molecule has 3 aromatic heterocycles. The number of carbonyl (C=O) groups is 2. The SMILES string of the molecule is CCOC(=O)c1sc(NC(=O)Cn2cnc3scc(-c4ccccc4)c3c2=O)cc1C. The Morgan fingerprint density at radius 2 is 2.00 bits per heavy atom. The number of benzene rings is 1. The first-order valence-electron chi connectivity index (χ1n) is 9.57. The van der Waals surface area contributed by atoms with Gasteiger partial charge < -0.3 is 10.1 Å². The first-order chi connectivity index (χ1) is 15.0. The van der Waals surface area contributed by atoms with Crippen molar-refractivity contribution in [1.82, 2.24) is 9.55 Å². The highest BCUT2D eigenvalue weighted by atomic mass is 32.1. The number of ether oxygens (including phenoxy) is 1. The van der Waals surface area contributed by atoms with Gasteiger partial charge in [0.15, 0.2) is 0 Å². The Bertz CT molecular complexity index is 1320. The number of aromatic nitrogens is 2. The van der Waals surface area contributed by atoms with Gasteiger partial charge in [-0.15, -0.1) is 22.7 Å². The molecule has 0 saturated carbocycles. The molecule has 1 amide bonds. The summed E-state index contributed by atoms with van der Waals surface area (Å²) in [7, 11) is 0. The number of carbonyl (C=O) groups excluding carboxylic acids is 2. The van der Waals surface area contributed by atoms with Gasteiger partial charge in [0.1, 0.15) is 16.3 Å². The van der Waals surface area contributed by atoms with Crippen LogP contribution in [0.5, 0.6) is 0 Å². The topological polar surface area (TPSA) is 90.3 Å². The average Bonchev–Trinajstić information content (AvgIpc) is 3.35. The molecule has 0 aliphatic heterocycles. The van der Waals surface area contributed by atoms with E-state index in [0.717, 1.165) is 28.0 Å². The maximum atomic E-state index is 13.1. The molecule has 1 N–H and O–H groups in total. The summed E-state index contributed by atoms with van der Waals surface area (Å²) in [5.74, 6) is -0.793. The molecule has 0 saturated heterocycles. The van der Waals surface area contributed by atoms with Crippen LogP contribution in [0.2, 0.25) is 0 Å². The van der Waals surface area contributed by atoms with Crippen LogP contribution in [-0.2, 0) is 16.1 Å². The summed E-state index contributed by atoms with van der Waals surface area (Å²) in [4.78, 5) is 43.1. The predicted octanol–water partition coefficient (Wildman–Crippen LogP) is 4.31. The second-order valence-corrected chi connectivity index (χ2v) is 8.67. The van der Waals surface area contributed by atoms with E-state index >= 15 is 0 Å². The third-order valence-electron chi connectivity index (χ3n) is 4.60. The van der Waals surface area contributed by atoms with Crippen LogP contribution >= 0.6 is 22.7 Å². The molecule has 9 heteroatoms. The number of nitrogens with one attached hydrogen (secondary N) is 1. The third kappa shape index (κ3) is 4.28. The van der Waals surface area contributed by atoms with Crippen LogP contribution in [-0.4, -0.2) is 28.0 Å². The minimum Gasteiger partial charge on any atom is -0.462 e. The van der Waals surface area contributed by atoms with Crippen LogP contribution < -0.4 is 10.9 Å². The van der Waals surface area contributed by atoms with Gasteiger partial charge in [-0.25, -0.2) is 9.78 Å². The van der Waals surface area contributed by atoms with Gasteiger partial charge in [0.2, 0.25) is 5.91 Å². The lowest BCUT2D eigenvalue weighted by molar-refractivity contribution is -0.116. The molecule has 7 nitrogen and oxygen atoms in total. The van der Waals surface area contributed by atoms with E-state index in [1.165, 1.54) is 22.2 Å². The van der Waals surface area contributed by atoms with Gasteiger partial charge in [0.25, 0.3) is 5.56 Å². The normalized spacial score (nSPS) is 10.9. The quantitative estimate of drug-likeness (QED) is 0.439. The van der Waals surface area contributed by atoms with Crippen LogP contribution in [0.25, 0.3) is 21.3 Å². The third-order valence-corrected chi connectivity index (χ3v) is 6.62. The van der Waals surface area contributed by atoms with Gasteiger partial charge in [-0.3, -0.25) is 14.2 Å². The van der Waals surface area contributed by atoms with Crippen LogP contribution in [0.3, 0.4) is 0 Å². The fourth-order valence-electron chi connectivity index (χ4n) is 3.19. The molecule has 0 fully saturated rings. The largest absolute Gasteiger partial charge is 0.462 e. The van der Waals surface area contributed by atoms with E-state index in [0.29, 0.717) is 20.1 Å². The minimum absolute atomic E-state index is 0.183. The fourth-order valence-corrected chi connectivity index (χ4v) is 5.07. The van der Waals surface area contributed by atoms with Gasteiger partial charge in [0.05, 0.1) is 23.3 Å². The van der Waals surface area contributed by atoms with Crippen molar-refractivity contribution in [2.75, 3.05) is 11.9 Å². The molecule has 0 bridgehead atoms. The number of hydrogen-bond donors (Lipinski definition) is 1. The summed E-state index contributed by atoms with van der Waals surface area (Å²) in [6, 6.07) is 11.3. The lowest BCUT2D eigenvalue weighted by Crippen LogP contribution is -2.27. The number of esters is 1. The lowest BCUT2D eigenvalue weighted by atomic mass is 10.1. The van der Waals surface area contributed by atoms with Crippen LogP contribution in [0.1, 0.15) is 22.2 Å². The average molecular weight is 454 g/mol. The molecule has 3 heterocycles. The van der Waals surface area contributed by atoms with Gasteiger partial charge in [-0.05, 0) is 31.0 Å². The van der Waals surface area contributed by atoms with E-state index in [1.54, 1.807) is 19.9 Å². The highest BCUT2D eigenvalue weighted by Gasteiger charge is 2.17. The summed E-state index contributed by atoms with van der Waals surface area (Å²) in [5.41, 5.74) is 2.19. The molecule has 158 valence electrons. The van der Waals surface area contributed by atoms with Crippen molar-refractivity contribution in [2.45, 2.75) is 20.4 Å². The molecule has 0 unspecified atom stereocenters. The number of fused-ring (bicyclic) bond motifs is 1. The smallest absolute Gasteiger partial charge is 0.348 e. The van der Waals surface area contributed by atoms with Crippen LogP contribution in [0.4, 0.5) is 5.00 Å². The molecule has 4 rings (SSSR count). The fraction of sp³-hybridized carbons (Fsp3) is 0.182. The van der Waals surface area contributed by atoms with Crippen LogP contribution in [0, 0.1) is 6.92 Å². The van der Waals surface area contributed by atoms with E-state index in [1.807, 2.05) is 35.7 Å². The Morgan fingerprint density at radius 1 is 1.23 bits per heavy atom. The lowest BCUT2D eigenvalue weighted by Gasteiger charge is -2.06. The first-order valence-corrected chi connectivity index (χ1v) is 11.3. The Hall–Kier alpha value is -3.30.